The number of hydrogen-bond donors (Lipinski definition) is 1. The first-order valence-electron chi connectivity index (χ1n) is 12.1. The van der Waals surface area contributed by atoms with Gasteiger partial charge >= 0.3 is 6.09 Å². The highest BCUT2D eigenvalue weighted by atomic mass is 35.5. The zero-order chi connectivity index (χ0) is 26.8. The van der Waals surface area contributed by atoms with Crippen molar-refractivity contribution in [2.24, 2.45) is 0 Å². The third-order valence-electron chi connectivity index (χ3n) is 5.64. The fourth-order valence-electron chi connectivity index (χ4n) is 3.96. The Labute approximate surface area is 217 Å². The molecule has 36 heavy (non-hydrogen) atoms. The van der Waals surface area contributed by atoms with E-state index in [1.807, 2.05) is 0 Å². The number of nitrogens with zero attached hydrogens (tertiary/aromatic N) is 3. The van der Waals surface area contributed by atoms with Crippen LogP contribution in [0.25, 0.3) is 10.9 Å². The molecule has 8 nitrogen and oxygen atoms in total. The minimum atomic E-state index is -1.61. The molecule has 1 aliphatic heterocycles. The lowest BCUT2D eigenvalue weighted by atomic mass is 9.95. The van der Waals surface area contributed by atoms with Gasteiger partial charge in [0.15, 0.2) is 5.78 Å². The van der Waals surface area contributed by atoms with Gasteiger partial charge in [-0.3, -0.25) is 14.2 Å². The molecule has 194 valence electrons. The Balaban J connectivity index is 1.81. The van der Waals surface area contributed by atoms with Gasteiger partial charge in [-0.05, 0) is 45.7 Å². The van der Waals surface area contributed by atoms with Crippen molar-refractivity contribution >= 4 is 42.5 Å². The van der Waals surface area contributed by atoms with E-state index in [-0.39, 0.29) is 18.7 Å². The zero-order valence-electron chi connectivity index (χ0n) is 21.7. The van der Waals surface area contributed by atoms with E-state index in [1.54, 1.807) is 26.8 Å². The lowest BCUT2D eigenvalue weighted by molar-refractivity contribution is -0.122. The molecule has 2 unspecified atom stereocenters. The number of carbonyl (C=O) groups is 2. The smallest absolute Gasteiger partial charge is 0.410 e. The lowest BCUT2D eigenvalue weighted by Gasteiger charge is -2.39. The molecule has 0 bridgehead atoms. The van der Waals surface area contributed by atoms with Crippen LogP contribution in [0.15, 0.2) is 23.3 Å². The number of ether oxygens (including phenoxy) is 1. The fraction of sp³-hybridized carbons (Fsp3) is 0.538. The maximum absolute atomic E-state index is 13.1. The van der Waals surface area contributed by atoms with Crippen LogP contribution in [0.5, 0.6) is 0 Å². The van der Waals surface area contributed by atoms with Gasteiger partial charge in [-0.15, -0.1) is 5.54 Å². The van der Waals surface area contributed by atoms with Gasteiger partial charge in [0.05, 0.1) is 40.9 Å². The third kappa shape index (κ3) is 7.18. The van der Waals surface area contributed by atoms with Crippen LogP contribution in [-0.4, -0.2) is 63.8 Å². The highest BCUT2D eigenvalue weighted by Crippen LogP contribution is 2.24. The molecule has 3 rings (SSSR count). The number of piperidine rings is 1. The summed E-state index contributed by atoms with van der Waals surface area (Å²) in [6, 6.07) is 2.51. The molecule has 10 heteroatoms. The summed E-state index contributed by atoms with van der Waals surface area (Å²) < 4.78 is 6.68. The molecule has 1 aromatic heterocycles. The maximum Gasteiger partial charge on any atom is 0.410 e. The molecule has 1 saturated heterocycles. The second kappa shape index (κ2) is 10.7. The van der Waals surface area contributed by atoms with E-state index in [0.29, 0.717) is 40.9 Å². The summed E-state index contributed by atoms with van der Waals surface area (Å²) in [6.07, 6.45) is 0.911. The number of rotatable bonds is 4. The highest BCUT2D eigenvalue weighted by Gasteiger charge is 2.37. The van der Waals surface area contributed by atoms with Gasteiger partial charge in [-0.2, -0.15) is 0 Å². The van der Waals surface area contributed by atoms with Gasteiger partial charge in [0.25, 0.3) is 5.56 Å². The van der Waals surface area contributed by atoms with Crippen molar-refractivity contribution in [2.45, 2.75) is 84.0 Å². The van der Waals surface area contributed by atoms with Crippen LogP contribution in [0.2, 0.25) is 24.7 Å². The summed E-state index contributed by atoms with van der Waals surface area (Å²) in [5.41, 5.74) is 3.23. The summed E-state index contributed by atoms with van der Waals surface area (Å²) in [5, 5.41) is 11.2. The number of aliphatic hydroxyl groups is 1. The number of halogens is 1. The van der Waals surface area contributed by atoms with Crippen LogP contribution in [0.1, 0.15) is 45.6 Å². The van der Waals surface area contributed by atoms with Gasteiger partial charge < -0.3 is 14.7 Å². The van der Waals surface area contributed by atoms with Crippen LogP contribution < -0.4 is 5.56 Å². The molecule has 0 spiro atoms. The number of ketones is 1. The van der Waals surface area contributed by atoms with Gasteiger partial charge in [0.1, 0.15) is 13.7 Å². The Bertz CT molecular complexity index is 1280. The van der Waals surface area contributed by atoms with E-state index >= 15 is 0 Å². The van der Waals surface area contributed by atoms with Crippen molar-refractivity contribution in [2.75, 3.05) is 6.54 Å². The van der Waals surface area contributed by atoms with Crippen LogP contribution in [0.3, 0.4) is 0 Å². The quantitative estimate of drug-likeness (QED) is 0.472. The number of hydrogen-bond acceptors (Lipinski definition) is 6. The third-order valence-corrected chi connectivity index (χ3v) is 6.83. The van der Waals surface area contributed by atoms with Gasteiger partial charge in [-0.1, -0.05) is 37.2 Å². The Hall–Kier alpha value is -2.67. The molecule has 1 aliphatic rings. The van der Waals surface area contributed by atoms with Gasteiger partial charge in [0.2, 0.25) is 0 Å². The number of carbonyl (C=O) groups excluding carboxylic acids is 2. The van der Waals surface area contributed by atoms with Crippen molar-refractivity contribution in [3.8, 4) is 11.5 Å². The zero-order valence-corrected chi connectivity index (χ0v) is 23.5. The van der Waals surface area contributed by atoms with E-state index < -0.39 is 37.5 Å². The van der Waals surface area contributed by atoms with E-state index in [2.05, 4.69) is 36.1 Å². The highest BCUT2D eigenvalue weighted by molar-refractivity contribution is 6.83. The maximum atomic E-state index is 13.1. The number of aromatic nitrogens is 2. The molecule has 2 heterocycles. The second-order valence-corrected chi connectivity index (χ2v) is 16.4. The topological polar surface area (TPSA) is 102 Å². The monoisotopic (exact) mass is 531 g/mol. The first-order valence-corrected chi connectivity index (χ1v) is 15.9. The molecular weight excluding hydrogens is 498 g/mol. The average molecular weight is 532 g/mol. The van der Waals surface area contributed by atoms with Crippen molar-refractivity contribution in [3.05, 3.63) is 39.4 Å². The molecule has 0 radical (unpaired) electrons. The number of Topliss-reactive ketones (excluding diaryl/α,β-unsaturated/α-hetero) is 1. The predicted octanol–water partition coefficient (Wildman–Crippen LogP) is 4.00. The molecule has 2 aromatic rings. The van der Waals surface area contributed by atoms with Crippen molar-refractivity contribution in [1.29, 1.82) is 0 Å². The Morgan fingerprint density at radius 1 is 1.28 bits per heavy atom. The van der Waals surface area contributed by atoms with Gasteiger partial charge in [-0.25, -0.2) is 9.78 Å². The van der Waals surface area contributed by atoms with Crippen LogP contribution in [-0.2, 0) is 16.1 Å². The van der Waals surface area contributed by atoms with E-state index in [0.717, 1.165) is 0 Å². The van der Waals surface area contributed by atoms with Gasteiger partial charge in [0, 0.05) is 18.5 Å². The molecule has 0 saturated carbocycles. The number of amides is 1. The molecule has 2 atom stereocenters. The van der Waals surface area contributed by atoms with Crippen LogP contribution in [0.4, 0.5) is 4.79 Å². The number of fused-ring (bicyclic) bond motifs is 1. The molecular formula is C26H34ClN3O5Si. The first-order chi connectivity index (χ1) is 16.6. The van der Waals surface area contributed by atoms with E-state index in [9.17, 15) is 19.5 Å². The predicted molar refractivity (Wildman–Crippen MR) is 143 cm³/mol. The van der Waals surface area contributed by atoms with Crippen molar-refractivity contribution in [3.63, 3.8) is 0 Å². The Morgan fingerprint density at radius 3 is 2.61 bits per heavy atom. The Morgan fingerprint density at radius 2 is 1.97 bits per heavy atom. The standard InChI is InChI=1S/C26H34ClN3O5Si/c1-26(2,3)35-25(34)30-10-7-8-23(32)22(30)13-18(31)15-29-16-28-21-12-17(9-11-36(4,5)6)20(27)14-19(21)24(29)33/h12,14,16,22-23,32H,7-8,10,13,15H2,1-6H3. The van der Waals surface area contributed by atoms with Crippen LogP contribution in [0, 0.1) is 11.5 Å². The molecule has 1 N–H and O–H groups in total. The number of benzene rings is 1. The lowest BCUT2D eigenvalue weighted by Crippen LogP contribution is -2.53. The largest absolute Gasteiger partial charge is 0.444 e. The molecule has 1 aromatic carbocycles. The Kier molecular flexibility index (Phi) is 8.33. The molecule has 1 fully saturated rings. The first kappa shape index (κ1) is 27.9. The SMILES string of the molecule is CC(C)(C)OC(=O)N1CCCC(O)C1CC(=O)Cn1cnc2cc(C#C[Si](C)(C)C)c(Cl)cc2c1=O. The van der Waals surface area contributed by atoms with Crippen molar-refractivity contribution in [1.82, 2.24) is 14.5 Å². The average Bonchev–Trinajstić information content (AvgIpc) is 2.74. The second-order valence-electron chi connectivity index (χ2n) is 11.2. The summed E-state index contributed by atoms with van der Waals surface area (Å²) in [4.78, 5) is 44.5. The van der Waals surface area contributed by atoms with E-state index in [1.165, 1.54) is 21.9 Å². The van der Waals surface area contributed by atoms with Crippen LogP contribution >= 0.6 is 11.6 Å². The summed E-state index contributed by atoms with van der Waals surface area (Å²) in [7, 11) is -1.61. The summed E-state index contributed by atoms with van der Waals surface area (Å²) in [5.74, 6) is 2.79. The van der Waals surface area contributed by atoms with Crippen molar-refractivity contribution < 1.29 is 19.4 Å². The minimum absolute atomic E-state index is 0.100. The number of aliphatic hydroxyl groups excluding tert-OH is 1. The normalized spacial score (nSPS) is 18.5. The summed E-state index contributed by atoms with van der Waals surface area (Å²) in [6.45, 7) is 11.8. The fourth-order valence-corrected chi connectivity index (χ4v) is 4.68. The number of likely N-dealkylation sites (tertiary alicyclic amines) is 1. The minimum Gasteiger partial charge on any atom is -0.444 e. The van der Waals surface area contributed by atoms with E-state index in [4.69, 9.17) is 16.3 Å². The molecule has 0 aliphatic carbocycles. The molecule has 1 amide bonds. The summed E-state index contributed by atoms with van der Waals surface area (Å²) >= 11 is 6.39.